The Labute approximate surface area is 130 Å². The third-order valence-electron chi connectivity index (χ3n) is 3.75. The highest BCUT2D eigenvalue weighted by molar-refractivity contribution is 7.09. The number of amides is 2. The van der Waals surface area contributed by atoms with Crippen molar-refractivity contribution in [3.05, 3.63) is 22.4 Å². The molecule has 0 aliphatic carbocycles. The van der Waals surface area contributed by atoms with E-state index in [0.29, 0.717) is 18.9 Å². The van der Waals surface area contributed by atoms with Crippen molar-refractivity contribution in [1.29, 1.82) is 0 Å². The van der Waals surface area contributed by atoms with Crippen LogP contribution in [0.3, 0.4) is 0 Å². The number of hydrogen-bond acceptors (Lipinski definition) is 3. The zero-order valence-electron chi connectivity index (χ0n) is 13.1. The second kappa shape index (κ2) is 6.60. The third kappa shape index (κ3) is 3.64. The summed E-state index contributed by atoms with van der Waals surface area (Å²) >= 11 is 1.62. The van der Waals surface area contributed by atoms with Crippen LogP contribution >= 0.6 is 11.3 Å². The molecule has 2 amide bonds. The maximum absolute atomic E-state index is 12.8. The van der Waals surface area contributed by atoms with Crippen molar-refractivity contribution >= 4 is 23.2 Å². The second-order valence-electron chi connectivity index (χ2n) is 6.43. The van der Waals surface area contributed by atoms with E-state index in [1.165, 1.54) is 0 Å². The molecule has 1 aromatic heterocycles. The highest BCUT2D eigenvalue weighted by Gasteiger charge is 2.41. The van der Waals surface area contributed by atoms with Crippen LogP contribution in [0.1, 0.15) is 39.0 Å². The first-order valence-corrected chi connectivity index (χ1v) is 8.41. The van der Waals surface area contributed by atoms with Gasteiger partial charge in [0.25, 0.3) is 0 Å². The fraction of sp³-hybridized carbons (Fsp3) is 0.625. The number of carbonyl (C=O) groups excluding carboxylic acids is 2. The van der Waals surface area contributed by atoms with Crippen molar-refractivity contribution in [2.24, 2.45) is 11.8 Å². The Balaban J connectivity index is 2.23. The van der Waals surface area contributed by atoms with Crippen molar-refractivity contribution in [3.63, 3.8) is 0 Å². The largest absolute Gasteiger partial charge is 0.342 e. The topological polar surface area (TPSA) is 49.4 Å². The Morgan fingerprint density at radius 1 is 1.29 bits per heavy atom. The van der Waals surface area contributed by atoms with Crippen molar-refractivity contribution in [1.82, 2.24) is 10.2 Å². The van der Waals surface area contributed by atoms with Gasteiger partial charge in [-0.05, 0) is 29.7 Å². The maximum Gasteiger partial charge on any atom is 0.246 e. The second-order valence-corrected chi connectivity index (χ2v) is 7.46. The Morgan fingerprint density at radius 3 is 2.52 bits per heavy atom. The van der Waals surface area contributed by atoms with Crippen molar-refractivity contribution in [3.8, 4) is 0 Å². The number of hydrogen-bond donors (Lipinski definition) is 1. The van der Waals surface area contributed by atoms with E-state index >= 15 is 0 Å². The van der Waals surface area contributed by atoms with E-state index in [4.69, 9.17) is 0 Å². The van der Waals surface area contributed by atoms with E-state index < -0.39 is 0 Å². The van der Waals surface area contributed by atoms with Gasteiger partial charge in [0.2, 0.25) is 11.8 Å². The first kappa shape index (κ1) is 16.0. The molecular weight excluding hydrogens is 284 g/mol. The quantitative estimate of drug-likeness (QED) is 0.909. The average molecular weight is 308 g/mol. The Kier molecular flexibility index (Phi) is 5.04. The molecule has 2 unspecified atom stereocenters. The molecule has 0 saturated carbocycles. The van der Waals surface area contributed by atoms with Gasteiger partial charge in [-0.25, -0.2) is 0 Å². The summed E-state index contributed by atoms with van der Waals surface area (Å²) in [7, 11) is 0. The van der Waals surface area contributed by atoms with E-state index in [0.717, 1.165) is 4.88 Å². The lowest BCUT2D eigenvalue weighted by Crippen LogP contribution is -2.64. The summed E-state index contributed by atoms with van der Waals surface area (Å²) in [5.74, 6) is 0.509. The first-order valence-electron chi connectivity index (χ1n) is 7.53. The Bertz CT molecular complexity index is 496. The molecule has 116 valence electrons. The summed E-state index contributed by atoms with van der Waals surface area (Å²) in [5, 5.41) is 4.91. The summed E-state index contributed by atoms with van der Waals surface area (Å²) in [6.07, 6.45) is 0.691. The summed E-state index contributed by atoms with van der Waals surface area (Å²) < 4.78 is 0. The third-order valence-corrected chi connectivity index (χ3v) is 4.61. The van der Waals surface area contributed by atoms with Crippen LogP contribution in [-0.4, -0.2) is 28.8 Å². The Morgan fingerprint density at radius 2 is 2.00 bits per heavy atom. The zero-order valence-corrected chi connectivity index (χ0v) is 13.9. The number of thiophene rings is 1. The van der Waals surface area contributed by atoms with E-state index in [1.807, 2.05) is 31.4 Å². The molecule has 0 spiro atoms. The molecule has 4 nitrogen and oxygen atoms in total. The average Bonchev–Trinajstić information content (AvgIpc) is 2.87. The number of nitrogens with one attached hydrogen (secondary N) is 1. The van der Waals surface area contributed by atoms with E-state index in [2.05, 4.69) is 19.2 Å². The lowest BCUT2D eigenvalue weighted by molar-refractivity contribution is -0.152. The van der Waals surface area contributed by atoms with Gasteiger partial charge in [-0.15, -0.1) is 11.3 Å². The van der Waals surface area contributed by atoms with Crippen molar-refractivity contribution in [2.75, 3.05) is 0 Å². The minimum absolute atomic E-state index is 0.0215. The van der Waals surface area contributed by atoms with Crippen molar-refractivity contribution < 1.29 is 9.59 Å². The number of carbonyl (C=O) groups is 2. The highest BCUT2D eigenvalue weighted by Crippen LogP contribution is 2.24. The first-order chi connectivity index (χ1) is 9.90. The number of rotatable bonds is 5. The molecule has 5 heteroatoms. The molecule has 0 bridgehead atoms. The monoisotopic (exact) mass is 308 g/mol. The Hall–Kier alpha value is -1.36. The van der Waals surface area contributed by atoms with Gasteiger partial charge in [-0.1, -0.05) is 33.8 Å². The molecule has 0 radical (unpaired) electrons. The number of nitrogens with zero attached hydrogens (tertiary/aromatic N) is 1. The lowest BCUT2D eigenvalue weighted by Gasteiger charge is -2.41. The molecule has 2 heterocycles. The molecule has 0 aromatic carbocycles. The van der Waals surface area contributed by atoms with Crippen LogP contribution in [-0.2, 0) is 16.1 Å². The minimum atomic E-state index is -0.382. The van der Waals surface area contributed by atoms with Gasteiger partial charge in [0.1, 0.15) is 12.1 Å². The van der Waals surface area contributed by atoms with Gasteiger partial charge in [0, 0.05) is 4.88 Å². The van der Waals surface area contributed by atoms with Crippen LogP contribution in [0.25, 0.3) is 0 Å². The molecule has 1 aliphatic rings. The van der Waals surface area contributed by atoms with Crippen LogP contribution in [0.4, 0.5) is 0 Å². The highest BCUT2D eigenvalue weighted by atomic mass is 32.1. The predicted molar refractivity (Wildman–Crippen MR) is 84.9 cm³/mol. The van der Waals surface area contributed by atoms with E-state index in [-0.39, 0.29) is 29.8 Å². The molecule has 1 saturated heterocycles. The predicted octanol–water partition coefficient (Wildman–Crippen LogP) is 2.65. The summed E-state index contributed by atoms with van der Waals surface area (Å²) in [5.41, 5.74) is 0. The smallest absolute Gasteiger partial charge is 0.246 e. The molecular formula is C16H24N2O2S. The van der Waals surface area contributed by atoms with Gasteiger partial charge in [0.15, 0.2) is 0 Å². The fourth-order valence-corrected chi connectivity index (χ4v) is 3.54. The maximum atomic E-state index is 12.8. The lowest BCUT2D eigenvalue weighted by atomic mass is 9.93. The summed E-state index contributed by atoms with van der Waals surface area (Å²) in [6, 6.07) is 3.24. The van der Waals surface area contributed by atoms with Crippen LogP contribution in [0, 0.1) is 11.8 Å². The van der Waals surface area contributed by atoms with Crippen LogP contribution < -0.4 is 5.32 Å². The van der Waals surface area contributed by atoms with Gasteiger partial charge < -0.3 is 10.2 Å². The molecule has 1 N–H and O–H groups in total. The van der Waals surface area contributed by atoms with Crippen LogP contribution in [0.2, 0.25) is 0 Å². The molecule has 1 fully saturated rings. The minimum Gasteiger partial charge on any atom is -0.342 e. The fourth-order valence-electron chi connectivity index (χ4n) is 2.84. The standard InChI is InChI=1S/C16H24N2O2S/c1-10(2)8-13-16(20)18(9-12-6-5-7-21-12)14(11(3)4)15(19)17-13/h5-7,10-11,13-14H,8-9H2,1-4H3,(H,17,19). The summed E-state index contributed by atoms with van der Waals surface area (Å²) in [4.78, 5) is 28.1. The van der Waals surface area contributed by atoms with Gasteiger partial charge in [-0.3, -0.25) is 9.59 Å². The van der Waals surface area contributed by atoms with Gasteiger partial charge in [0.05, 0.1) is 6.54 Å². The molecule has 21 heavy (non-hydrogen) atoms. The zero-order chi connectivity index (χ0) is 15.6. The normalized spacial score (nSPS) is 23.0. The van der Waals surface area contributed by atoms with Crippen LogP contribution in [0.15, 0.2) is 17.5 Å². The molecule has 1 aliphatic heterocycles. The molecule has 1 aromatic rings. The van der Waals surface area contributed by atoms with Gasteiger partial charge >= 0.3 is 0 Å². The van der Waals surface area contributed by atoms with Gasteiger partial charge in [-0.2, -0.15) is 0 Å². The summed E-state index contributed by atoms with van der Waals surface area (Å²) in [6.45, 7) is 8.64. The SMILES string of the molecule is CC(C)CC1NC(=O)C(C(C)C)N(Cc2cccs2)C1=O. The number of piperazine rings is 1. The molecule has 2 atom stereocenters. The van der Waals surface area contributed by atoms with E-state index in [1.54, 1.807) is 16.2 Å². The van der Waals surface area contributed by atoms with E-state index in [9.17, 15) is 9.59 Å². The van der Waals surface area contributed by atoms with Crippen LogP contribution in [0.5, 0.6) is 0 Å². The molecule has 2 rings (SSSR count). The van der Waals surface area contributed by atoms with Crippen molar-refractivity contribution in [2.45, 2.75) is 52.7 Å².